The Morgan fingerprint density at radius 2 is 2.04 bits per heavy atom. The van der Waals surface area contributed by atoms with Crippen LogP contribution >= 0.6 is 11.3 Å². The summed E-state index contributed by atoms with van der Waals surface area (Å²) in [6.07, 6.45) is 1.76. The number of hydrogen-bond acceptors (Lipinski definition) is 5. The number of furan rings is 1. The maximum Gasteiger partial charge on any atom is 0.220 e. The van der Waals surface area contributed by atoms with Crippen LogP contribution in [0.5, 0.6) is 0 Å². The molecule has 0 saturated heterocycles. The van der Waals surface area contributed by atoms with Gasteiger partial charge in [-0.25, -0.2) is 8.42 Å². The minimum atomic E-state index is -3.61. The zero-order valence-electron chi connectivity index (χ0n) is 13.4. The minimum Gasteiger partial charge on any atom is -0.468 e. The van der Waals surface area contributed by atoms with Gasteiger partial charge in [0.2, 0.25) is 5.91 Å². The number of sulfone groups is 1. The first kappa shape index (κ1) is 17.7. The molecule has 126 valence electrons. The van der Waals surface area contributed by atoms with Crippen molar-refractivity contribution in [3.8, 4) is 0 Å². The quantitative estimate of drug-likeness (QED) is 0.861. The fourth-order valence-corrected chi connectivity index (χ4v) is 4.95. The van der Waals surface area contributed by atoms with E-state index < -0.39 is 15.1 Å². The van der Waals surface area contributed by atoms with Gasteiger partial charge in [-0.05, 0) is 29.0 Å². The first-order chi connectivity index (χ1) is 10.7. The van der Waals surface area contributed by atoms with Crippen LogP contribution in [0.2, 0.25) is 0 Å². The molecule has 2 aromatic heterocycles. The molecular formula is C16H21NO4S2. The monoisotopic (exact) mass is 355 g/mol. The van der Waals surface area contributed by atoms with E-state index in [0.29, 0.717) is 12.2 Å². The highest BCUT2D eigenvalue weighted by molar-refractivity contribution is 7.93. The maximum absolute atomic E-state index is 12.8. The highest BCUT2D eigenvalue weighted by Gasteiger charge is 2.32. The molecule has 0 aliphatic rings. The third-order valence-electron chi connectivity index (χ3n) is 3.19. The second-order valence-electron chi connectivity index (χ2n) is 6.52. The summed E-state index contributed by atoms with van der Waals surface area (Å²) in [4.78, 5) is 12.0. The summed E-state index contributed by atoms with van der Waals surface area (Å²) < 4.78 is 31.1. The Bertz CT molecular complexity index is 726. The lowest BCUT2D eigenvalue weighted by Crippen LogP contribution is -2.33. The molecule has 0 radical (unpaired) electrons. The van der Waals surface area contributed by atoms with Gasteiger partial charge < -0.3 is 9.73 Å². The third kappa shape index (κ3) is 4.68. The van der Waals surface area contributed by atoms with Crippen LogP contribution in [0.3, 0.4) is 0 Å². The van der Waals surface area contributed by atoms with Crippen LogP contribution in [0.15, 0.2) is 44.5 Å². The third-order valence-corrected chi connectivity index (χ3v) is 6.68. The Kier molecular flexibility index (Phi) is 5.31. The van der Waals surface area contributed by atoms with Crippen molar-refractivity contribution < 1.29 is 17.6 Å². The van der Waals surface area contributed by atoms with E-state index in [9.17, 15) is 13.2 Å². The molecule has 0 fully saturated rings. The lowest BCUT2D eigenvalue weighted by atomic mass is 9.92. The van der Waals surface area contributed by atoms with Crippen molar-refractivity contribution in [1.82, 2.24) is 5.32 Å². The molecule has 0 saturated carbocycles. The van der Waals surface area contributed by atoms with Gasteiger partial charge in [-0.3, -0.25) is 4.79 Å². The molecule has 7 heteroatoms. The lowest BCUT2D eigenvalue weighted by Gasteiger charge is -2.19. The van der Waals surface area contributed by atoms with Gasteiger partial charge in [0.15, 0.2) is 9.84 Å². The second-order valence-corrected chi connectivity index (χ2v) is 9.83. The molecular weight excluding hydrogens is 334 g/mol. The van der Waals surface area contributed by atoms with E-state index >= 15 is 0 Å². The van der Waals surface area contributed by atoms with Crippen molar-refractivity contribution in [1.29, 1.82) is 0 Å². The van der Waals surface area contributed by atoms with Crippen molar-refractivity contribution >= 4 is 27.1 Å². The van der Waals surface area contributed by atoms with Crippen molar-refractivity contribution in [3.63, 3.8) is 0 Å². The Morgan fingerprint density at radius 3 is 2.57 bits per heavy atom. The summed E-state index contributed by atoms with van der Waals surface area (Å²) in [5.41, 5.74) is -0.156. The van der Waals surface area contributed by atoms with Gasteiger partial charge in [-0.1, -0.05) is 26.8 Å². The summed E-state index contributed by atoms with van der Waals surface area (Å²) in [6.45, 7) is 5.86. The molecule has 0 aliphatic carbocycles. The molecule has 0 bridgehead atoms. The normalized spacial score (nSPS) is 13.7. The van der Waals surface area contributed by atoms with Gasteiger partial charge in [-0.2, -0.15) is 0 Å². The molecule has 0 unspecified atom stereocenters. The molecule has 5 nitrogen and oxygen atoms in total. The molecule has 2 heterocycles. The topological polar surface area (TPSA) is 76.4 Å². The number of amides is 1. The highest BCUT2D eigenvalue weighted by atomic mass is 32.2. The van der Waals surface area contributed by atoms with E-state index in [-0.39, 0.29) is 22.1 Å². The van der Waals surface area contributed by atoms with E-state index in [1.54, 1.807) is 29.6 Å². The predicted molar refractivity (Wildman–Crippen MR) is 90.0 cm³/mol. The molecule has 1 atom stereocenters. The van der Waals surface area contributed by atoms with Crippen molar-refractivity contribution in [2.75, 3.05) is 6.54 Å². The summed E-state index contributed by atoms with van der Waals surface area (Å²) >= 11 is 1.16. The van der Waals surface area contributed by atoms with E-state index in [1.807, 2.05) is 20.8 Å². The van der Waals surface area contributed by atoms with Gasteiger partial charge in [0, 0.05) is 13.0 Å². The molecule has 23 heavy (non-hydrogen) atoms. The van der Waals surface area contributed by atoms with Crippen molar-refractivity contribution in [2.24, 2.45) is 5.41 Å². The largest absolute Gasteiger partial charge is 0.468 e. The van der Waals surface area contributed by atoms with Crippen LogP contribution in [0.4, 0.5) is 0 Å². The van der Waals surface area contributed by atoms with Crippen LogP contribution < -0.4 is 5.32 Å². The van der Waals surface area contributed by atoms with Gasteiger partial charge in [0.05, 0.1) is 6.26 Å². The molecule has 0 aliphatic heterocycles. The molecule has 0 spiro atoms. The average molecular weight is 355 g/mol. The number of carbonyl (C=O) groups excluding carboxylic acids is 1. The minimum absolute atomic E-state index is 0.0113. The first-order valence-electron chi connectivity index (χ1n) is 7.28. The zero-order chi connectivity index (χ0) is 17.1. The molecule has 2 aromatic rings. The molecule has 2 rings (SSSR count). The highest BCUT2D eigenvalue weighted by Crippen LogP contribution is 2.31. The van der Waals surface area contributed by atoms with Crippen molar-refractivity contribution in [2.45, 2.75) is 36.7 Å². The van der Waals surface area contributed by atoms with Crippen LogP contribution in [0, 0.1) is 5.41 Å². The van der Waals surface area contributed by atoms with Gasteiger partial charge in [0.1, 0.15) is 15.2 Å². The number of thiophene rings is 1. The Hall–Kier alpha value is -1.60. The summed E-state index contributed by atoms with van der Waals surface area (Å²) in [5, 5.41) is 3.50. The fourth-order valence-electron chi connectivity index (χ4n) is 2.15. The second kappa shape index (κ2) is 6.88. The SMILES string of the molecule is CC(C)(C)CC(=O)NC[C@@H](c1ccco1)S(=O)(=O)c1cccs1. The zero-order valence-corrected chi connectivity index (χ0v) is 15.0. The smallest absolute Gasteiger partial charge is 0.220 e. The van der Waals surface area contributed by atoms with Gasteiger partial charge >= 0.3 is 0 Å². The number of rotatable bonds is 6. The number of hydrogen-bond donors (Lipinski definition) is 1. The molecule has 0 aromatic carbocycles. The summed E-state index contributed by atoms with van der Waals surface area (Å²) in [7, 11) is -3.61. The number of nitrogens with one attached hydrogen (secondary N) is 1. The lowest BCUT2D eigenvalue weighted by molar-refractivity contribution is -0.122. The van der Waals surface area contributed by atoms with E-state index in [2.05, 4.69) is 5.32 Å². The summed E-state index contributed by atoms with van der Waals surface area (Å²) in [5.74, 6) is 0.157. The van der Waals surface area contributed by atoms with E-state index in [4.69, 9.17) is 4.42 Å². The predicted octanol–water partition coefficient (Wildman–Crippen LogP) is 3.41. The first-order valence-corrected chi connectivity index (χ1v) is 9.70. The van der Waals surface area contributed by atoms with E-state index in [1.165, 1.54) is 6.26 Å². The molecule has 1 amide bonds. The number of carbonyl (C=O) groups is 1. The molecule has 1 N–H and O–H groups in total. The Labute approximate surface area is 140 Å². The fraction of sp³-hybridized carbons (Fsp3) is 0.438. The summed E-state index contributed by atoms with van der Waals surface area (Å²) in [6, 6.07) is 6.51. The Morgan fingerprint density at radius 1 is 1.30 bits per heavy atom. The standard InChI is InChI=1S/C16H21NO4S2/c1-16(2,3)10-14(18)17-11-13(12-6-4-8-21-12)23(19,20)15-7-5-9-22-15/h4-9,13H,10-11H2,1-3H3,(H,17,18)/t13-/m0/s1. The van der Waals surface area contributed by atoms with Crippen LogP contribution in [0.25, 0.3) is 0 Å². The van der Waals surface area contributed by atoms with Crippen molar-refractivity contribution in [3.05, 3.63) is 41.7 Å². The van der Waals surface area contributed by atoms with Gasteiger partial charge in [-0.15, -0.1) is 11.3 Å². The van der Waals surface area contributed by atoms with Crippen LogP contribution in [0.1, 0.15) is 38.2 Å². The van der Waals surface area contributed by atoms with Gasteiger partial charge in [0.25, 0.3) is 0 Å². The maximum atomic E-state index is 12.8. The Balaban J connectivity index is 2.19. The van der Waals surface area contributed by atoms with Crippen LogP contribution in [-0.2, 0) is 14.6 Å². The van der Waals surface area contributed by atoms with E-state index in [0.717, 1.165) is 11.3 Å². The van der Waals surface area contributed by atoms with Crippen LogP contribution in [-0.4, -0.2) is 20.9 Å². The average Bonchev–Trinajstić information content (AvgIpc) is 3.10.